The standard InChI is InChI=1S/C25H29N3O4/c1-17-7-6-8-19(13-17)25(26-16-27-32-25)24(2)15-21(28-31-24)18-11-12-22(29-3)23(14-18)30-20-9-4-5-10-20/h6-8,11-14,16,20H,4-5,9-10,15H2,1-3H3,(H,26,27). The van der Waals surface area contributed by atoms with Gasteiger partial charge in [-0.1, -0.05) is 34.1 Å². The molecule has 2 aromatic rings. The number of rotatable bonds is 6. The van der Waals surface area contributed by atoms with Gasteiger partial charge in [-0.15, -0.1) is 0 Å². The molecule has 5 rings (SSSR count). The number of oxime groups is 2. The van der Waals surface area contributed by atoms with Crippen molar-refractivity contribution >= 4 is 12.1 Å². The molecule has 1 saturated carbocycles. The van der Waals surface area contributed by atoms with E-state index in [-0.39, 0.29) is 6.10 Å². The van der Waals surface area contributed by atoms with Gasteiger partial charge in [0.05, 0.1) is 18.9 Å². The van der Waals surface area contributed by atoms with Crippen LogP contribution in [0.15, 0.2) is 52.8 Å². The van der Waals surface area contributed by atoms with Gasteiger partial charge < -0.3 is 24.5 Å². The molecule has 0 bridgehead atoms. The minimum Gasteiger partial charge on any atom is -0.493 e. The summed E-state index contributed by atoms with van der Waals surface area (Å²) in [6.45, 7) is 4.04. The van der Waals surface area contributed by atoms with Crippen LogP contribution in [0, 0.1) is 6.92 Å². The van der Waals surface area contributed by atoms with Crippen LogP contribution in [-0.2, 0) is 15.4 Å². The van der Waals surface area contributed by atoms with Gasteiger partial charge in [0.15, 0.2) is 11.5 Å². The van der Waals surface area contributed by atoms with Crippen molar-refractivity contribution in [2.75, 3.05) is 7.11 Å². The van der Waals surface area contributed by atoms with Gasteiger partial charge in [-0.2, -0.15) is 0 Å². The van der Waals surface area contributed by atoms with Gasteiger partial charge in [0.2, 0.25) is 5.60 Å². The lowest BCUT2D eigenvalue weighted by molar-refractivity contribution is -0.195. The second kappa shape index (κ2) is 8.04. The van der Waals surface area contributed by atoms with Crippen LogP contribution in [-0.4, -0.2) is 30.9 Å². The topological polar surface area (TPSA) is 73.7 Å². The normalized spacial score (nSPS) is 26.9. The second-order valence-corrected chi connectivity index (χ2v) is 8.95. The van der Waals surface area contributed by atoms with Crippen molar-refractivity contribution in [2.24, 2.45) is 10.3 Å². The Morgan fingerprint density at radius 2 is 1.91 bits per heavy atom. The molecule has 1 aliphatic carbocycles. The Kier molecular flexibility index (Phi) is 5.19. The highest BCUT2D eigenvalue weighted by Gasteiger charge is 2.59. The van der Waals surface area contributed by atoms with Gasteiger partial charge in [-0.3, -0.25) is 0 Å². The van der Waals surface area contributed by atoms with E-state index in [2.05, 4.69) is 34.7 Å². The summed E-state index contributed by atoms with van der Waals surface area (Å²) in [5.41, 5.74) is 2.06. The molecule has 2 aliphatic heterocycles. The van der Waals surface area contributed by atoms with Gasteiger partial charge in [-0.05, 0) is 63.8 Å². The lowest BCUT2D eigenvalue weighted by atomic mass is 9.81. The first kappa shape index (κ1) is 20.7. The maximum atomic E-state index is 6.27. The van der Waals surface area contributed by atoms with Crippen LogP contribution in [0.3, 0.4) is 0 Å². The first-order valence-corrected chi connectivity index (χ1v) is 11.2. The van der Waals surface area contributed by atoms with E-state index in [1.165, 1.54) is 12.8 Å². The average Bonchev–Trinajstić information content (AvgIpc) is 3.56. The molecule has 168 valence electrons. The van der Waals surface area contributed by atoms with Crippen LogP contribution in [0.4, 0.5) is 0 Å². The Hall–Kier alpha value is -3.22. The molecule has 1 N–H and O–H groups in total. The summed E-state index contributed by atoms with van der Waals surface area (Å²) in [4.78, 5) is 12.0. The Labute approximate surface area is 188 Å². The second-order valence-electron chi connectivity index (χ2n) is 8.95. The fraction of sp³-hybridized carbons (Fsp3) is 0.440. The van der Waals surface area contributed by atoms with Gasteiger partial charge in [0.25, 0.3) is 5.72 Å². The molecule has 2 atom stereocenters. The zero-order chi connectivity index (χ0) is 22.2. The lowest BCUT2D eigenvalue weighted by Gasteiger charge is -2.39. The molecule has 2 unspecified atom stereocenters. The first-order valence-electron chi connectivity index (χ1n) is 11.2. The molecule has 2 aromatic carbocycles. The highest BCUT2D eigenvalue weighted by atomic mass is 16.7. The van der Waals surface area contributed by atoms with Crippen molar-refractivity contribution in [1.82, 2.24) is 5.32 Å². The highest BCUT2D eigenvalue weighted by molar-refractivity contribution is 6.02. The van der Waals surface area contributed by atoms with Crippen LogP contribution >= 0.6 is 0 Å². The molecule has 1 fully saturated rings. The number of methoxy groups -OCH3 is 1. The molecular formula is C25H29N3O4. The summed E-state index contributed by atoms with van der Waals surface area (Å²) in [7, 11) is 1.67. The SMILES string of the molecule is COc1ccc(C2=NOC(C)(C3(c4cccc(C)c4)NC=NO3)C2)cc1OC1CCCC1. The Morgan fingerprint density at radius 1 is 1.06 bits per heavy atom. The minimum absolute atomic E-state index is 0.240. The molecule has 0 aromatic heterocycles. The Bertz CT molecular complexity index is 1050. The number of aryl methyl sites for hydroxylation is 1. The predicted molar refractivity (Wildman–Crippen MR) is 122 cm³/mol. The van der Waals surface area contributed by atoms with Crippen molar-refractivity contribution < 1.29 is 19.1 Å². The van der Waals surface area contributed by atoms with Gasteiger partial charge >= 0.3 is 0 Å². The Balaban J connectivity index is 1.43. The van der Waals surface area contributed by atoms with E-state index >= 15 is 0 Å². The highest BCUT2D eigenvalue weighted by Crippen LogP contribution is 2.45. The third kappa shape index (κ3) is 3.45. The van der Waals surface area contributed by atoms with E-state index in [4.69, 9.17) is 19.1 Å². The molecular weight excluding hydrogens is 406 g/mol. The summed E-state index contributed by atoms with van der Waals surface area (Å²) in [6.07, 6.45) is 6.92. The fourth-order valence-corrected chi connectivity index (χ4v) is 4.82. The van der Waals surface area contributed by atoms with E-state index < -0.39 is 11.3 Å². The summed E-state index contributed by atoms with van der Waals surface area (Å²) >= 11 is 0. The maximum absolute atomic E-state index is 6.27. The zero-order valence-corrected chi connectivity index (χ0v) is 18.8. The molecule has 2 heterocycles. The molecule has 3 aliphatic rings. The monoisotopic (exact) mass is 435 g/mol. The smallest absolute Gasteiger partial charge is 0.276 e. The van der Waals surface area contributed by atoms with Crippen molar-refractivity contribution in [3.8, 4) is 11.5 Å². The van der Waals surface area contributed by atoms with Crippen LogP contribution < -0.4 is 14.8 Å². The van der Waals surface area contributed by atoms with Crippen molar-refractivity contribution in [2.45, 2.75) is 63.4 Å². The maximum Gasteiger partial charge on any atom is 0.276 e. The molecule has 0 radical (unpaired) electrons. The molecule has 7 nitrogen and oxygen atoms in total. The van der Waals surface area contributed by atoms with Crippen LogP contribution in [0.2, 0.25) is 0 Å². The molecule has 7 heteroatoms. The van der Waals surface area contributed by atoms with E-state index in [0.29, 0.717) is 6.42 Å². The van der Waals surface area contributed by atoms with Crippen molar-refractivity contribution in [3.63, 3.8) is 0 Å². The van der Waals surface area contributed by atoms with Gasteiger partial charge in [-0.25, -0.2) is 0 Å². The van der Waals surface area contributed by atoms with E-state index in [0.717, 1.165) is 46.7 Å². The number of hydrogen-bond donors (Lipinski definition) is 1. The van der Waals surface area contributed by atoms with Gasteiger partial charge in [0, 0.05) is 17.5 Å². The van der Waals surface area contributed by atoms with E-state index in [9.17, 15) is 0 Å². The lowest BCUT2D eigenvalue weighted by Crippen LogP contribution is -2.57. The molecule has 32 heavy (non-hydrogen) atoms. The van der Waals surface area contributed by atoms with Crippen LogP contribution in [0.1, 0.15) is 55.7 Å². The number of nitrogens with zero attached hydrogens (tertiary/aromatic N) is 2. The van der Waals surface area contributed by atoms with Crippen LogP contribution in [0.25, 0.3) is 0 Å². The summed E-state index contributed by atoms with van der Waals surface area (Å²) < 4.78 is 11.8. The largest absolute Gasteiger partial charge is 0.493 e. The minimum atomic E-state index is -0.972. The number of hydrogen-bond acceptors (Lipinski definition) is 7. The summed E-state index contributed by atoms with van der Waals surface area (Å²) in [5, 5.41) is 11.8. The van der Waals surface area contributed by atoms with Crippen molar-refractivity contribution in [3.05, 3.63) is 59.2 Å². The Morgan fingerprint density at radius 3 is 2.62 bits per heavy atom. The fourth-order valence-electron chi connectivity index (χ4n) is 4.82. The quantitative estimate of drug-likeness (QED) is 0.717. The molecule has 0 spiro atoms. The number of nitrogens with one attached hydrogen (secondary N) is 1. The number of benzene rings is 2. The van der Waals surface area contributed by atoms with Crippen LogP contribution in [0.5, 0.6) is 11.5 Å². The third-order valence-corrected chi connectivity index (χ3v) is 6.63. The van der Waals surface area contributed by atoms with Gasteiger partial charge in [0.1, 0.15) is 6.34 Å². The van der Waals surface area contributed by atoms with E-state index in [1.54, 1.807) is 13.4 Å². The van der Waals surface area contributed by atoms with Crippen molar-refractivity contribution in [1.29, 1.82) is 0 Å². The summed E-state index contributed by atoms with van der Waals surface area (Å²) in [5.74, 6) is 1.48. The molecule has 0 amide bonds. The average molecular weight is 436 g/mol. The first-order chi connectivity index (χ1) is 15.5. The summed E-state index contributed by atoms with van der Waals surface area (Å²) in [6, 6.07) is 14.1. The molecule has 0 saturated heterocycles. The van der Waals surface area contributed by atoms with E-state index in [1.807, 2.05) is 37.3 Å². The third-order valence-electron chi connectivity index (χ3n) is 6.63. The number of ether oxygens (including phenoxy) is 2. The zero-order valence-electron chi connectivity index (χ0n) is 18.8. The predicted octanol–water partition coefficient (Wildman–Crippen LogP) is 4.62.